The van der Waals surface area contributed by atoms with Crippen molar-refractivity contribution in [3.05, 3.63) is 63.8 Å². The predicted molar refractivity (Wildman–Crippen MR) is 73.3 cm³/mol. The molecule has 2 aromatic heterocycles. The van der Waals surface area contributed by atoms with Crippen LogP contribution in [0.15, 0.2) is 35.4 Å². The van der Waals surface area contributed by atoms with Gasteiger partial charge >= 0.3 is 0 Å². The largest absolute Gasteiger partial charge is 0.386 e. The van der Waals surface area contributed by atoms with Crippen molar-refractivity contribution in [2.45, 2.75) is 19.6 Å². The zero-order valence-corrected chi connectivity index (χ0v) is 11.6. The fourth-order valence-electron chi connectivity index (χ4n) is 2.32. The van der Waals surface area contributed by atoms with Crippen LogP contribution in [0.5, 0.6) is 0 Å². The highest BCUT2D eigenvalue weighted by Gasteiger charge is 2.17. The number of fused-ring (bicyclic) bond motifs is 1. The molecule has 0 saturated carbocycles. The molecule has 2 heterocycles. The van der Waals surface area contributed by atoms with Crippen LogP contribution in [0.2, 0.25) is 0 Å². The van der Waals surface area contributed by atoms with Gasteiger partial charge in [-0.3, -0.25) is 4.79 Å². The molecule has 114 valence electrons. The Kier molecular flexibility index (Phi) is 3.45. The number of aryl methyl sites for hydroxylation is 1. The number of nitrogens with zero attached hydrogens (tertiary/aromatic N) is 4. The zero-order valence-electron chi connectivity index (χ0n) is 11.6. The quantitative estimate of drug-likeness (QED) is 0.789. The van der Waals surface area contributed by atoms with Crippen molar-refractivity contribution in [1.82, 2.24) is 19.2 Å². The molecule has 0 fully saturated rings. The van der Waals surface area contributed by atoms with Crippen molar-refractivity contribution in [3.63, 3.8) is 0 Å². The summed E-state index contributed by atoms with van der Waals surface area (Å²) in [6.07, 6.45) is -0.000318. The monoisotopic (exact) mass is 306 g/mol. The number of aliphatic hydroxyl groups excluding tert-OH is 1. The number of hydrogen-bond donors (Lipinski definition) is 1. The summed E-state index contributed by atoms with van der Waals surface area (Å²) < 4.78 is 29.3. The summed E-state index contributed by atoms with van der Waals surface area (Å²) in [5.74, 6) is -1.30. The third-order valence-corrected chi connectivity index (χ3v) is 3.42. The Morgan fingerprint density at radius 3 is 2.82 bits per heavy atom. The first-order chi connectivity index (χ1) is 10.5. The second kappa shape index (κ2) is 5.30. The van der Waals surface area contributed by atoms with Crippen LogP contribution in [0.4, 0.5) is 8.78 Å². The van der Waals surface area contributed by atoms with E-state index < -0.39 is 17.7 Å². The molecule has 0 amide bonds. The number of hydrogen-bond acceptors (Lipinski definition) is 4. The molecule has 8 heteroatoms. The van der Waals surface area contributed by atoms with Crippen molar-refractivity contribution in [1.29, 1.82) is 0 Å². The van der Waals surface area contributed by atoms with Crippen LogP contribution in [0, 0.1) is 18.6 Å². The average molecular weight is 306 g/mol. The molecule has 1 atom stereocenters. The minimum Gasteiger partial charge on any atom is -0.386 e. The maximum absolute atomic E-state index is 13.7. The Hall–Kier alpha value is -2.61. The summed E-state index contributed by atoms with van der Waals surface area (Å²) in [6.45, 7) is 1.63. The Balaban J connectivity index is 2.03. The van der Waals surface area contributed by atoms with Crippen LogP contribution >= 0.6 is 0 Å². The first-order valence-corrected chi connectivity index (χ1v) is 6.50. The number of rotatable bonds is 3. The van der Waals surface area contributed by atoms with Crippen molar-refractivity contribution in [2.24, 2.45) is 0 Å². The second-order valence-electron chi connectivity index (χ2n) is 4.89. The fourth-order valence-corrected chi connectivity index (χ4v) is 2.32. The molecule has 0 radical (unpaired) electrons. The lowest BCUT2D eigenvalue weighted by Gasteiger charge is -2.17. The summed E-state index contributed by atoms with van der Waals surface area (Å²) in [5.41, 5.74) is 0.174. The van der Waals surface area contributed by atoms with E-state index in [1.807, 2.05) is 0 Å². The van der Waals surface area contributed by atoms with Gasteiger partial charge in [0.05, 0.1) is 12.6 Å². The lowest BCUT2D eigenvalue weighted by atomic mass is 10.1. The maximum atomic E-state index is 13.7. The van der Waals surface area contributed by atoms with Gasteiger partial charge in [-0.05, 0) is 13.0 Å². The van der Waals surface area contributed by atoms with E-state index in [4.69, 9.17) is 0 Å². The van der Waals surface area contributed by atoms with Crippen LogP contribution in [0.1, 0.15) is 17.4 Å². The van der Waals surface area contributed by atoms with E-state index in [2.05, 4.69) is 10.1 Å². The van der Waals surface area contributed by atoms with E-state index in [0.29, 0.717) is 11.8 Å². The van der Waals surface area contributed by atoms with Gasteiger partial charge in [-0.1, -0.05) is 6.07 Å². The molecule has 1 N–H and O–H groups in total. The van der Waals surface area contributed by atoms with E-state index in [9.17, 15) is 18.7 Å². The second-order valence-corrected chi connectivity index (χ2v) is 4.89. The number of halogens is 2. The van der Waals surface area contributed by atoms with Gasteiger partial charge in [0.1, 0.15) is 18.0 Å². The summed E-state index contributed by atoms with van der Waals surface area (Å²) in [6, 6.07) is 4.32. The third-order valence-electron chi connectivity index (χ3n) is 3.42. The van der Waals surface area contributed by atoms with Crippen molar-refractivity contribution >= 4 is 5.78 Å². The molecular weight excluding hydrogens is 294 g/mol. The van der Waals surface area contributed by atoms with Gasteiger partial charge < -0.3 is 9.67 Å². The summed E-state index contributed by atoms with van der Waals surface area (Å²) in [7, 11) is 0. The Morgan fingerprint density at radius 1 is 1.32 bits per heavy atom. The first kappa shape index (κ1) is 14.3. The normalized spacial score (nSPS) is 12.7. The number of benzene rings is 1. The van der Waals surface area contributed by atoms with E-state index in [1.165, 1.54) is 18.5 Å². The van der Waals surface area contributed by atoms with Gasteiger partial charge in [0.2, 0.25) is 5.78 Å². The number of aliphatic hydroxyl groups is 1. The van der Waals surface area contributed by atoms with Crippen LogP contribution in [-0.2, 0) is 6.54 Å². The number of aromatic nitrogens is 4. The van der Waals surface area contributed by atoms with Crippen molar-refractivity contribution in [2.75, 3.05) is 0 Å². The zero-order chi connectivity index (χ0) is 15.9. The SMILES string of the molecule is Cc1cc(=O)n2ncnc2n1C[C@@H](O)c1ccc(F)cc1F. The standard InChI is InChI=1S/C14H12F2N4O2/c1-8-4-13(22)20-14(17-7-18-20)19(8)6-12(21)10-3-2-9(15)5-11(10)16/h2-5,7,12,21H,6H2,1H3/t12-/m1/s1. The summed E-state index contributed by atoms with van der Waals surface area (Å²) in [4.78, 5) is 15.7. The first-order valence-electron chi connectivity index (χ1n) is 6.50. The Labute approximate surface area is 123 Å². The third kappa shape index (κ3) is 2.37. The fraction of sp³-hybridized carbons (Fsp3) is 0.214. The van der Waals surface area contributed by atoms with Gasteiger partial charge in [-0.25, -0.2) is 8.78 Å². The van der Waals surface area contributed by atoms with Gasteiger partial charge in [-0.2, -0.15) is 14.6 Å². The lowest BCUT2D eigenvalue weighted by molar-refractivity contribution is 0.151. The minimum atomic E-state index is -1.22. The molecule has 0 aliphatic rings. The van der Waals surface area contributed by atoms with E-state index >= 15 is 0 Å². The van der Waals surface area contributed by atoms with Gasteiger partial charge in [-0.15, -0.1) is 0 Å². The molecule has 0 saturated heterocycles. The molecular formula is C14H12F2N4O2. The molecule has 0 bridgehead atoms. The van der Waals surface area contributed by atoms with E-state index in [-0.39, 0.29) is 23.4 Å². The molecule has 0 aliphatic heterocycles. The summed E-state index contributed by atoms with van der Waals surface area (Å²) >= 11 is 0. The smallest absolute Gasteiger partial charge is 0.275 e. The van der Waals surface area contributed by atoms with Gasteiger partial charge in [0, 0.05) is 23.4 Å². The van der Waals surface area contributed by atoms with Crippen LogP contribution in [-0.4, -0.2) is 24.3 Å². The highest BCUT2D eigenvalue weighted by atomic mass is 19.1. The molecule has 22 heavy (non-hydrogen) atoms. The van der Waals surface area contributed by atoms with Crippen LogP contribution in [0.3, 0.4) is 0 Å². The van der Waals surface area contributed by atoms with Crippen molar-refractivity contribution in [3.8, 4) is 0 Å². The molecule has 3 rings (SSSR count). The summed E-state index contributed by atoms with van der Waals surface area (Å²) in [5, 5.41) is 14.0. The van der Waals surface area contributed by atoms with E-state index in [1.54, 1.807) is 11.5 Å². The molecule has 0 aliphatic carbocycles. The lowest BCUT2D eigenvalue weighted by Crippen LogP contribution is -2.22. The topological polar surface area (TPSA) is 72.4 Å². The highest BCUT2D eigenvalue weighted by Crippen LogP contribution is 2.20. The molecule has 6 nitrogen and oxygen atoms in total. The van der Waals surface area contributed by atoms with Gasteiger partial charge in [0.15, 0.2) is 0 Å². The minimum absolute atomic E-state index is 0.0304. The molecule has 0 spiro atoms. The van der Waals surface area contributed by atoms with Gasteiger partial charge in [0.25, 0.3) is 5.56 Å². The maximum Gasteiger partial charge on any atom is 0.275 e. The highest BCUT2D eigenvalue weighted by molar-refractivity contribution is 5.30. The Bertz CT molecular complexity index is 903. The Morgan fingerprint density at radius 2 is 2.09 bits per heavy atom. The molecule has 3 aromatic rings. The average Bonchev–Trinajstić information content (AvgIpc) is 2.93. The van der Waals surface area contributed by atoms with Crippen LogP contribution < -0.4 is 5.56 Å². The van der Waals surface area contributed by atoms with Crippen molar-refractivity contribution < 1.29 is 13.9 Å². The predicted octanol–water partition coefficient (Wildman–Crippen LogP) is 1.21. The molecule has 0 unspecified atom stereocenters. The van der Waals surface area contributed by atoms with Crippen LogP contribution in [0.25, 0.3) is 5.78 Å². The van der Waals surface area contributed by atoms with E-state index in [0.717, 1.165) is 10.6 Å². The molecule has 1 aromatic carbocycles.